The highest BCUT2D eigenvalue weighted by Crippen LogP contribution is 2.06. The topological polar surface area (TPSA) is 55.4 Å². The molecule has 0 aromatic carbocycles. The molecule has 0 spiro atoms. The highest BCUT2D eigenvalue weighted by molar-refractivity contribution is 5.68. The Kier molecular flexibility index (Phi) is 4.45. The van der Waals surface area contributed by atoms with E-state index in [1.807, 2.05) is 0 Å². The van der Waals surface area contributed by atoms with E-state index in [-0.39, 0.29) is 12.5 Å². The van der Waals surface area contributed by atoms with E-state index in [0.717, 1.165) is 0 Å². The molecular weight excluding hydrogens is 170 g/mol. The first kappa shape index (κ1) is 11.9. The lowest BCUT2D eigenvalue weighted by Crippen LogP contribution is -2.35. The number of alkyl carbamates (subject to hydrolysis) is 1. The standard InChI is InChI=1S/C9H16NO3/c1-7(6-11)5-10-8(12)13-9(2,3)4/h7H,5H2,1-4H3,(H,10,12). The predicted octanol–water partition coefficient (Wildman–Crippen LogP) is 1.26. The summed E-state index contributed by atoms with van der Waals surface area (Å²) in [7, 11) is 0. The molecule has 0 fully saturated rings. The lowest BCUT2D eigenvalue weighted by Gasteiger charge is -2.19. The van der Waals surface area contributed by atoms with Crippen LogP contribution < -0.4 is 5.32 Å². The second kappa shape index (κ2) is 4.84. The molecule has 0 saturated heterocycles. The lowest BCUT2D eigenvalue weighted by molar-refractivity contribution is 0.0524. The summed E-state index contributed by atoms with van der Waals surface area (Å²) in [5.41, 5.74) is -0.502. The minimum absolute atomic E-state index is 0.262. The Morgan fingerprint density at radius 2 is 2.08 bits per heavy atom. The summed E-state index contributed by atoms with van der Waals surface area (Å²) < 4.78 is 4.95. The predicted molar refractivity (Wildman–Crippen MR) is 49.1 cm³/mol. The molecule has 0 aromatic heterocycles. The molecule has 4 nitrogen and oxygen atoms in total. The fraction of sp³-hybridized carbons (Fsp3) is 0.778. The molecule has 0 heterocycles. The summed E-state index contributed by atoms with van der Waals surface area (Å²) in [6.07, 6.45) is 1.26. The number of hydrogen-bond acceptors (Lipinski definition) is 3. The molecular formula is C9H16NO3. The first-order valence-corrected chi connectivity index (χ1v) is 4.19. The van der Waals surface area contributed by atoms with E-state index in [9.17, 15) is 9.59 Å². The van der Waals surface area contributed by atoms with Crippen molar-refractivity contribution in [3.05, 3.63) is 0 Å². The van der Waals surface area contributed by atoms with Crippen LogP contribution in [0.5, 0.6) is 0 Å². The minimum Gasteiger partial charge on any atom is -0.444 e. The molecule has 1 N–H and O–H groups in total. The molecule has 1 radical (unpaired) electrons. The van der Waals surface area contributed by atoms with Gasteiger partial charge in [-0.1, -0.05) is 6.92 Å². The van der Waals surface area contributed by atoms with Gasteiger partial charge in [0.05, 0.1) is 0 Å². The lowest BCUT2D eigenvalue weighted by atomic mass is 10.2. The zero-order valence-electron chi connectivity index (χ0n) is 8.51. The Morgan fingerprint density at radius 3 is 2.46 bits per heavy atom. The molecule has 0 aromatic rings. The Balaban J connectivity index is 3.70. The van der Waals surface area contributed by atoms with Gasteiger partial charge in [-0.15, -0.1) is 0 Å². The highest BCUT2D eigenvalue weighted by atomic mass is 16.6. The van der Waals surface area contributed by atoms with E-state index < -0.39 is 11.7 Å². The quantitative estimate of drug-likeness (QED) is 0.721. The summed E-state index contributed by atoms with van der Waals surface area (Å²) in [6, 6.07) is 0. The van der Waals surface area contributed by atoms with E-state index in [0.29, 0.717) is 0 Å². The number of carbonyl (C=O) groups excluding carboxylic acids is 2. The molecule has 13 heavy (non-hydrogen) atoms. The van der Waals surface area contributed by atoms with Crippen molar-refractivity contribution < 1.29 is 14.3 Å². The molecule has 4 heteroatoms. The van der Waals surface area contributed by atoms with Crippen LogP contribution in [0.3, 0.4) is 0 Å². The zero-order chi connectivity index (χ0) is 10.5. The third-order valence-electron chi connectivity index (χ3n) is 1.15. The van der Waals surface area contributed by atoms with Gasteiger partial charge < -0.3 is 10.1 Å². The van der Waals surface area contributed by atoms with Crippen molar-refractivity contribution in [1.29, 1.82) is 0 Å². The third kappa shape index (κ3) is 7.31. The number of rotatable bonds is 3. The second-order valence-corrected chi connectivity index (χ2v) is 3.90. The molecule has 0 rings (SSSR count). The molecule has 0 bridgehead atoms. The SMILES string of the molecule is CC([C]=O)CNC(=O)OC(C)(C)C. The van der Waals surface area contributed by atoms with Crippen molar-refractivity contribution in [2.24, 2.45) is 5.92 Å². The van der Waals surface area contributed by atoms with Gasteiger partial charge in [0.15, 0.2) is 0 Å². The first-order chi connectivity index (χ1) is 5.85. The number of ether oxygens (including phenoxy) is 1. The zero-order valence-corrected chi connectivity index (χ0v) is 8.51. The van der Waals surface area contributed by atoms with Crippen LogP contribution in [-0.2, 0) is 9.53 Å². The van der Waals surface area contributed by atoms with Gasteiger partial charge in [0.25, 0.3) is 0 Å². The molecule has 0 aliphatic rings. The Morgan fingerprint density at radius 1 is 1.54 bits per heavy atom. The fourth-order valence-electron chi connectivity index (χ4n) is 0.592. The monoisotopic (exact) mass is 186 g/mol. The Bertz CT molecular complexity index is 184. The summed E-state index contributed by atoms with van der Waals surface area (Å²) in [4.78, 5) is 21.1. The van der Waals surface area contributed by atoms with Gasteiger partial charge >= 0.3 is 6.09 Å². The van der Waals surface area contributed by atoms with E-state index in [4.69, 9.17) is 4.74 Å². The smallest absolute Gasteiger partial charge is 0.407 e. The first-order valence-electron chi connectivity index (χ1n) is 4.19. The van der Waals surface area contributed by atoms with Crippen molar-refractivity contribution in [2.45, 2.75) is 33.3 Å². The maximum atomic E-state index is 11.0. The molecule has 1 atom stereocenters. The maximum Gasteiger partial charge on any atom is 0.407 e. The van der Waals surface area contributed by atoms with Gasteiger partial charge in [-0.25, -0.2) is 4.79 Å². The van der Waals surface area contributed by atoms with Crippen molar-refractivity contribution in [1.82, 2.24) is 5.32 Å². The van der Waals surface area contributed by atoms with Crippen LogP contribution in [0.4, 0.5) is 4.79 Å². The third-order valence-corrected chi connectivity index (χ3v) is 1.15. The van der Waals surface area contributed by atoms with Crippen LogP contribution in [0.25, 0.3) is 0 Å². The van der Waals surface area contributed by atoms with Gasteiger partial charge in [-0.05, 0) is 20.8 Å². The van der Waals surface area contributed by atoms with Gasteiger partial charge in [0, 0.05) is 12.5 Å². The van der Waals surface area contributed by atoms with Crippen LogP contribution in [-0.4, -0.2) is 24.5 Å². The largest absolute Gasteiger partial charge is 0.444 e. The molecule has 0 saturated carbocycles. The number of carbonyl (C=O) groups is 1. The van der Waals surface area contributed by atoms with Crippen LogP contribution in [0.1, 0.15) is 27.7 Å². The number of nitrogens with one attached hydrogen (secondary N) is 1. The highest BCUT2D eigenvalue weighted by Gasteiger charge is 2.16. The average Bonchev–Trinajstić information content (AvgIpc) is 1.97. The average molecular weight is 186 g/mol. The normalized spacial score (nSPS) is 13.2. The van der Waals surface area contributed by atoms with Gasteiger partial charge in [0.2, 0.25) is 6.29 Å². The van der Waals surface area contributed by atoms with Crippen molar-refractivity contribution in [2.75, 3.05) is 6.54 Å². The van der Waals surface area contributed by atoms with E-state index in [2.05, 4.69) is 5.32 Å². The summed E-state index contributed by atoms with van der Waals surface area (Å²) in [6.45, 7) is 7.27. The van der Waals surface area contributed by atoms with Crippen LogP contribution in [0, 0.1) is 5.92 Å². The molecule has 1 amide bonds. The van der Waals surface area contributed by atoms with Crippen molar-refractivity contribution in [3.63, 3.8) is 0 Å². The van der Waals surface area contributed by atoms with Gasteiger partial charge in [-0.3, -0.25) is 4.79 Å². The van der Waals surface area contributed by atoms with E-state index in [1.165, 1.54) is 0 Å². The summed E-state index contributed by atoms with van der Waals surface area (Å²) in [5.74, 6) is -0.299. The van der Waals surface area contributed by atoms with Crippen molar-refractivity contribution in [3.8, 4) is 0 Å². The summed E-state index contributed by atoms with van der Waals surface area (Å²) in [5, 5.41) is 2.47. The Labute approximate surface area is 78.6 Å². The van der Waals surface area contributed by atoms with Crippen LogP contribution >= 0.6 is 0 Å². The van der Waals surface area contributed by atoms with Crippen LogP contribution in [0.15, 0.2) is 0 Å². The molecule has 1 unspecified atom stereocenters. The molecule has 0 aliphatic heterocycles. The summed E-state index contributed by atoms with van der Waals surface area (Å²) >= 11 is 0. The minimum atomic E-state index is -0.505. The van der Waals surface area contributed by atoms with Crippen LogP contribution in [0.2, 0.25) is 0 Å². The van der Waals surface area contributed by atoms with Gasteiger partial charge in [0.1, 0.15) is 5.60 Å². The molecule has 0 aliphatic carbocycles. The molecule has 75 valence electrons. The Hall–Kier alpha value is -1.06. The number of amides is 1. The van der Waals surface area contributed by atoms with E-state index in [1.54, 1.807) is 34.0 Å². The van der Waals surface area contributed by atoms with Crippen molar-refractivity contribution >= 4 is 12.4 Å². The van der Waals surface area contributed by atoms with E-state index >= 15 is 0 Å². The maximum absolute atomic E-state index is 11.0. The number of hydrogen-bond donors (Lipinski definition) is 1. The fourth-order valence-corrected chi connectivity index (χ4v) is 0.592. The van der Waals surface area contributed by atoms with Gasteiger partial charge in [-0.2, -0.15) is 0 Å². The second-order valence-electron chi connectivity index (χ2n) is 3.90.